The Morgan fingerprint density at radius 3 is 2.60 bits per heavy atom. The molecule has 2 heterocycles. The Morgan fingerprint density at radius 1 is 1.13 bits per heavy atom. The number of benzene rings is 2. The number of halogens is 1. The van der Waals surface area contributed by atoms with Crippen LogP contribution in [0.3, 0.4) is 0 Å². The number of amides is 1. The molecule has 0 aliphatic carbocycles. The van der Waals surface area contributed by atoms with Crippen LogP contribution in [0.5, 0.6) is 0 Å². The number of hydrogen-bond acceptors (Lipinski definition) is 4. The fourth-order valence-corrected chi connectivity index (χ4v) is 3.67. The number of rotatable bonds is 7. The zero-order valence-corrected chi connectivity index (χ0v) is 17.2. The lowest BCUT2D eigenvalue weighted by atomic mass is 10.1. The molecule has 0 aliphatic heterocycles. The number of imidazole rings is 1. The molecular formula is C22H21ClN4O3. The summed E-state index contributed by atoms with van der Waals surface area (Å²) in [7, 11) is 0. The van der Waals surface area contributed by atoms with Gasteiger partial charge in [0.15, 0.2) is 5.15 Å². The molecule has 30 heavy (non-hydrogen) atoms. The van der Waals surface area contributed by atoms with E-state index in [0.29, 0.717) is 30.4 Å². The third kappa shape index (κ3) is 4.08. The molecule has 1 amide bonds. The Hall–Kier alpha value is -3.16. The Kier molecular flexibility index (Phi) is 5.83. The highest BCUT2D eigenvalue weighted by Gasteiger charge is 2.18. The van der Waals surface area contributed by atoms with Crippen LogP contribution in [0.15, 0.2) is 48.5 Å². The second-order valence-corrected chi connectivity index (χ2v) is 7.20. The molecule has 0 saturated heterocycles. The lowest BCUT2D eigenvalue weighted by Crippen LogP contribution is -2.19. The maximum Gasteiger partial charge on any atom is 0.404 e. The van der Waals surface area contributed by atoms with Crippen molar-refractivity contribution < 1.29 is 14.6 Å². The normalized spacial score (nSPS) is 11.3. The Balaban J connectivity index is 1.77. The number of nitrogens with zero attached hydrogens (tertiary/aromatic N) is 3. The van der Waals surface area contributed by atoms with Crippen LogP contribution in [-0.4, -0.2) is 32.3 Å². The first-order valence-electron chi connectivity index (χ1n) is 9.62. The molecule has 2 aromatic heterocycles. The number of aromatic nitrogens is 3. The second-order valence-electron chi connectivity index (χ2n) is 6.84. The molecule has 4 aromatic rings. The molecule has 0 aliphatic rings. The Labute approximate surface area is 178 Å². The minimum atomic E-state index is -1.04. The lowest BCUT2D eigenvalue weighted by Gasteiger charge is -2.12. The highest BCUT2D eigenvalue weighted by molar-refractivity contribution is 6.35. The van der Waals surface area contributed by atoms with Crippen molar-refractivity contribution in [2.24, 2.45) is 0 Å². The average Bonchev–Trinajstić information content (AvgIpc) is 3.11. The van der Waals surface area contributed by atoms with Gasteiger partial charge in [-0.2, -0.15) is 0 Å². The van der Waals surface area contributed by atoms with E-state index in [1.807, 2.05) is 55.5 Å². The van der Waals surface area contributed by atoms with Gasteiger partial charge in [0.2, 0.25) is 0 Å². The summed E-state index contributed by atoms with van der Waals surface area (Å²) in [5.41, 5.74) is 4.35. The first-order valence-corrected chi connectivity index (χ1v) is 10.00. The van der Waals surface area contributed by atoms with Crippen molar-refractivity contribution in [3.05, 3.63) is 70.6 Å². The number of pyridine rings is 1. The number of hydrogen-bond donors (Lipinski definition) is 2. The first kappa shape index (κ1) is 20.1. The number of para-hydroxylation sites is 1. The van der Waals surface area contributed by atoms with Crippen molar-refractivity contribution in [1.82, 2.24) is 19.9 Å². The molecule has 4 rings (SSSR count). The van der Waals surface area contributed by atoms with Gasteiger partial charge in [0.25, 0.3) is 0 Å². The zero-order valence-electron chi connectivity index (χ0n) is 16.4. The summed E-state index contributed by atoms with van der Waals surface area (Å²) in [6, 6.07) is 15.7. The highest BCUT2D eigenvalue weighted by Crippen LogP contribution is 2.30. The molecule has 154 valence electrons. The number of nitrogens with one attached hydrogen (secondary N) is 1. The minimum absolute atomic E-state index is 0.269. The van der Waals surface area contributed by atoms with Gasteiger partial charge in [-0.1, -0.05) is 54.1 Å². The molecule has 8 heteroatoms. The van der Waals surface area contributed by atoms with Gasteiger partial charge in [0.05, 0.1) is 11.0 Å². The van der Waals surface area contributed by atoms with E-state index in [1.54, 1.807) is 0 Å². The average molecular weight is 425 g/mol. The highest BCUT2D eigenvalue weighted by atomic mass is 35.5. The topological polar surface area (TPSA) is 89.3 Å². The van der Waals surface area contributed by atoms with E-state index >= 15 is 0 Å². The number of ether oxygens (including phenoxy) is 1. The number of fused-ring (bicyclic) bond motifs is 3. The SMILES string of the molecule is CCOCc1nc2c(Cl)nc3ccccc3c2n1Cc1ccc(CNC(=O)O)cc1. The fraction of sp³-hybridized carbons (Fsp3) is 0.227. The van der Waals surface area contributed by atoms with Gasteiger partial charge in [0.1, 0.15) is 17.9 Å². The van der Waals surface area contributed by atoms with Crippen molar-refractivity contribution in [3.8, 4) is 0 Å². The van der Waals surface area contributed by atoms with Crippen LogP contribution >= 0.6 is 11.6 Å². The zero-order chi connectivity index (χ0) is 21.1. The predicted octanol–water partition coefficient (Wildman–Crippen LogP) is 4.59. The molecule has 2 aromatic carbocycles. The van der Waals surface area contributed by atoms with Crippen molar-refractivity contribution >= 4 is 39.6 Å². The van der Waals surface area contributed by atoms with Gasteiger partial charge in [-0.15, -0.1) is 0 Å². The first-order chi connectivity index (χ1) is 14.6. The van der Waals surface area contributed by atoms with E-state index in [1.165, 1.54) is 0 Å². The van der Waals surface area contributed by atoms with Crippen LogP contribution in [0, 0.1) is 0 Å². The van der Waals surface area contributed by atoms with Gasteiger partial charge in [-0.25, -0.2) is 14.8 Å². The largest absolute Gasteiger partial charge is 0.465 e. The molecule has 0 saturated carbocycles. The molecule has 0 spiro atoms. The standard InChI is InChI=1S/C22H21ClN4O3/c1-2-30-13-18-26-19-20(16-5-3-4-6-17(16)25-21(19)23)27(18)12-15-9-7-14(8-10-15)11-24-22(28)29/h3-10,24H,2,11-13H2,1H3,(H,28,29). The van der Waals surface area contributed by atoms with Gasteiger partial charge >= 0.3 is 6.09 Å². The minimum Gasteiger partial charge on any atom is -0.465 e. The lowest BCUT2D eigenvalue weighted by molar-refractivity contribution is 0.126. The van der Waals surface area contributed by atoms with Crippen LogP contribution in [-0.2, 0) is 24.4 Å². The molecule has 0 atom stereocenters. The number of carboxylic acid groups (broad SMARTS) is 1. The summed E-state index contributed by atoms with van der Waals surface area (Å²) < 4.78 is 7.76. The smallest absolute Gasteiger partial charge is 0.404 e. The Morgan fingerprint density at radius 2 is 1.87 bits per heavy atom. The summed E-state index contributed by atoms with van der Waals surface area (Å²) in [5, 5.41) is 12.5. The monoisotopic (exact) mass is 424 g/mol. The molecular weight excluding hydrogens is 404 g/mol. The molecule has 7 nitrogen and oxygen atoms in total. The van der Waals surface area contributed by atoms with Crippen LogP contribution in [0.4, 0.5) is 4.79 Å². The molecule has 0 unspecified atom stereocenters. The summed E-state index contributed by atoms with van der Waals surface area (Å²) >= 11 is 6.46. The van der Waals surface area contributed by atoms with E-state index in [0.717, 1.165) is 33.4 Å². The molecule has 0 bridgehead atoms. The molecule has 0 radical (unpaired) electrons. The van der Waals surface area contributed by atoms with E-state index in [-0.39, 0.29) is 6.54 Å². The van der Waals surface area contributed by atoms with Crippen LogP contribution in [0.1, 0.15) is 23.9 Å². The predicted molar refractivity (Wildman–Crippen MR) is 116 cm³/mol. The van der Waals surface area contributed by atoms with Gasteiger partial charge < -0.3 is 19.7 Å². The maximum absolute atomic E-state index is 10.7. The van der Waals surface area contributed by atoms with E-state index in [9.17, 15) is 4.79 Å². The van der Waals surface area contributed by atoms with Crippen molar-refractivity contribution in [2.45, 2.75) is 26.6 Å². The van der Waals surface area contributed by atoms with Crippen LogP contribution in [0.25, 0.3) is 21.9 Å². The summed E-state index contributed by atoms with van der Waals surface area (Å²) in [4.78, 5) is 19.9. The summed E-state index contributed by atoms with van der Waals surface area (Å²) in [5.74, 6) is 0.781. The van der Waals surface area contributed by atoms with Crippen LogP contribution in [0.2, 0.25) is 5.15 Å². The third-order valence-electron chi connectivity index (χ3n) is 4.86. The van der Waals surface area contributed by atoms with Gasteiger partial charge in [0, 0.05) is 25.1 Å². The third-order valence-corrected chi connectivity index (χ3v) is 5.13. The van der Waals surface area contributed by atoms with Crippen molar-refractivity contribution in [3.63, 3.8) is 0 Å². The summed E-state index contributed by atoms with van der Waals surface area (Å²) in [6.07, 6.45) is -1.04. The van der Waals surface area contributed by atoms with Gasteiger partial charge in [-0.3, -0.25) is 0 Å². The van der Waals surface area contributed by atoms with E-state index in [4.69, 9.17) is 26.4 Å². The van der Waals surface area contributed by atoms with E-state index < -0.39 is 6.09 Å². The quantitative estimate of drug-likeness (QED) is 0.423. The van der Waals surface area contributed by atoms with E-state index in [2.05, 4.69) is 14.9 Å². The van der Waals surface area contributed by atoms with Crippen LogP contribution < -0.4 is 5.32 Å². The molecule has 0 fully saturated rings. The fourth-order valence-electron chi connectivity index (χ4n) is 3.44. The van der Waals surface area contributed by atoms with Crippen molar-refractivity contribution in [1.29, 1.82) is 0 Å². The van der Waals surface area contributed by atoms with Gasteiger partial charge in [-0.05, 0) is 24.1 Å². The summed E-state index contributed by atoms with van der Waals surface area (Å²) in [6.45, 7) is 3.75. The molecule has 2 N–H and O–H groups in total. The van der Waals surface area contributed by atoms with Crippen molar-refractivity contribution in [2.75, 3.05) is 6.61 Å². The second kappa shape index (κ2) is 8.69. The Bertz CT molecular complexity index is 1200. The maximum atomic E-state index is 10.7. The number of carbonyl (C=O) groups is 1.